The minimum Gasteiger partial charge on any atom is -0.391 e. The van der Waals surface area contributed by atoms with E-state index in [0.29, 0.717) is 24.9 Å². The maximum absolute atomic E-state index is 11.2. The third kappa shape index (κ3) is 6.04. The third-order valence-corrected chi connectivity index (χ3v) is 6.05. The lowest BCUT2D eigenvalue weighted by Gasteiger charge is -2.18. The lowest BCUT2D eigenvalue weighted by molar-refractivity contribution is -0.121. The van der Waals surface area contributed by atoms with Crippen molar-refractivity contribution in [2.24, 2.45) is 11.7 Å². The Morgan fingerprint density at radius 3 is 2.06 bits per heavy atom. The summed E-state index contributed by atoms with van der Waals surface area (Å²) in [7, 11) is 1.78. The molecule has 1 saturated carbocycles. The topological polar surface area (TPSA) is 197 Å². The minimum absolute atomic E-state index is 0.101. The van der Waals surface area contributed by atoms with Crippen LogP contribution in [0.15, 0.2) is 12.1 Å². The van der Waals surface area contributed by atoms with Crippen LogP contribution in [0.3, 0.4) is 0 Å². The van der Waals surface area contributed by atoms with Crippen molar-refractivity contribution >= 4 is 41.1 Å². The molecule has 1 aliphatic carbocycles. The van der Waals surface area contributed by atoms with E-state index in [9.17, 15) is 9.90 Å². The predicted octanol–water partition coefficient (Wildman–Crippen LogP) is -0.384. The van der Waals surface area contributed by atoms with Gasteiger partial charge < -0.3 is 42.7 Å². The average molecular weight is 472 g/mol. The van der Waals surface area contributed by atoms with E-state index in [0.717, 1.165) is 43.4 Å². The molecule has 1 amide bonds. The van der Waals surface area contributed by atoms with Gasteiger partial charge in [0.15, 0.2) is 0 Å². The maximum Gasteiger partial charge on any atom is 0.223 e. The summed E-state index contributed by atoms with van der Waals surface area (Å²) in [5, 5.41) is 15.7. The third-order valence-electron chi connectivity index (χ3n) is 6.05. The number of hydrogen-bond acceptors (Lipinski definition) is 12. The fourth-order valence-electron chi connectivity index (χ4n) is 4.02. The monoisotopic (exact) mass is 471 g/mol. The lowest BCUT2D eigenvalue weighted by atomic mass is 10.1. The number of β-amino-alcohol motifs (C(OH)–C–C–N with tert-alkyl or cyclic N) is 1. The molecule has 0 radical (unpaired) electrons. The van der Waals surface area contributed by atoms with Gasteiger partial charge in [-0.3, -0.25) is 4.79 Å². The Balaban J connectivity index is 0.000000166. The van der Waals surface area contributed by atoms with Crippen molar-refractivity contribution in [1.82, 2.24) is 19.9 Å². The summed E-state index contributed by atoms with van der Waals surface area (Å²) in [4.78, 5) is 31.8. The molecule has 2 aromatic rings. The number of nitrogens with zero attached hydrogens (tertiary/aromatic N) is 6. The number of carbonyl (C=O) groups excluding carboxylic acids is 1. The Kier molecular flexibility index (Phi) is 7.01. The molecule has 184 valence electrons. The van der Waals surface area contributed by atoms with Crippen LogP contribution >= 0.6 is 0 Å². The van der Waals surface area contributed by atoms with E-state index in [-0.39, 0.29) is 29.8 Å². The Hall–Kier alpha value is -3.61. The Bertz CT molecular complexity index is 1020. The second kappa shape index (κ2) is 10.1. The van der Waals surface area contributed by atoms with Gasteiger partial charge in [0.25, 0.3) is 0 Å². The van der Waals surface area contributed by atoms with E-state index in [1.807, 2.05) is 21.9 Å². The van der Waals surface area contributed by atoms with Crippen molar-refractivity contribution in [3.63, 3.8) is 0 Å². The van der Waals surface area contributed by atoms with Crippen LogP contribution in [0.25, 0.3) is 0 Å². The van der Waals surface area contributed by atoms with E-state index < -0.39 is 0 Å². The highest BCUT2D eigenvalue weighted by molar-refractivity contribution is 5.78. The summed E-state index contributed by atoms with van der Waals surface area (Å²) < 4.78 is 0. The average Bonchev–Trinajstić information content (AvgIpc) is 3.28. The summed E-state index contributed by atoms with van der Waals surface area (Å²) in [6.45, 7) is 2.79. The standard InChI is InChI=1S/C12H18N6O.C9H15N5O/c13-11(19)7-3-4-18(6-7)10-5-9(15-8-1-2-8)16-12(14)17-10;1-11-7-4-8(13-9(10)12-7)14-3-2-6(15)5-14/h5,7-8H,1-4,6H2,(H2,13,19)(H3,14,15,16,17);4,6,15H,2-3,5H2,1H3,(H3,10,11,12,13)/t7-;6-/m01/s1. The van der Waals surface area contributed by atoms with Crippen molar-refractivity contribution in [3.05, 3.63) is 12.1 Å². The van der Waals surface area contributed by atoms with Gasteiger partial charge in [-0.2, -0.15) is 19.9 Å². The molecule has 2 aromatic heterocycles. The second-order valence-electron chi connectivity index (χ2n) is 8.83. The van der Waals surface area contributed by atoms with E-state index in [4.69, 9.17) is 17.2 Å². The number of anilines is 6. The Morgan fingerprint density at radius 1 is 0.941 bits per heavy atom. The first-order valence-electron chi connectivity index (χ1n) is 11.5. The Morgan fingerprint density at radius 2 is 1.53 bits per heavy atom. The number of carbonyl (C=O) groups is 1. The zero-order valence-electron chi connectivity index (χ0n) is 19.3. The fourth-order valence-corrected chi connectivity index (χ4v) is 4.02. The molecule has 5 rings (SSSR count). The number of hydrogen-bond donors (Lipinski definition) is 6. The molecular weight excluding hydrogens is 438 g/mol. The van der Waals surface area contributed by atoms with Gasteiger partial charge in [-0.1, -0.05) is 0 Å². The largest absolute Gasteiger partial charge is 0.391 e. The van der Waals surface area contributed by atoms with Gasteiger partial charge in [0.2, 0.25) is 17.8 Å². The van der Waals surface area contributed by atoms with Crippen molar-refractivity contribution in [3.8, 4) is 0 Å². The van der Waals surface area contributed by atoms with Crippen molar-refractivity contribution in [1.29, 1.82) is 0 Å². The number of nitrogens with two attached hydrogens (primary N) is 3. The van der Waals surface area contributed by atoms with E-state index in [2.05, 4.69) is 30.6 Å². The van der Waals surface area contributed by atoms with Gasteiger partial charge in [-0.15, -0.1) is 0 Å². The second-order valence-corrected chi connectivity index (χ2v) is 8.83. The van der Waals surface area contributed by atoms with Crippen LogP contribution < -0.4 is 37.6 Å². The molecule has 2 saturated heterocycles. The predicted molar refractivity (Wildman–Crippen MR) is 131 cm³/mol. The molecule has 3 fully saturated rings. The summed E-state index contributed by atoms with van der Waals surface area (Å²) >= 11 is 0. The van der Waals surface area contributed by atoms with Crippen LogP contribution in [0.2, 0.25) is 0 Å². The molecule has 2 aliphatic heterocycles. The van der Waals surface area contributed by atoms with E-state index >= 15 is 0 Å². The van der Waals surface area contributed by atoms with Crippen LogP contribution in [0.4, 0.5) is 35.2 Å². The van der Waals surface area contributed by atoms with Crippen LogP contribution in [0.5, 0.6) is 0 Å². The summed E-state index contributed by atoms with van der Waals surface area (Å²) in [6.07, 6.45) is 3.63. The quantitative estimate of drug-likeness (QED) is 0.320. The minimum atomic E-state index is -0.265. The van der Waals surface area contributed by atoms with Gasteiger partial charge in [0.05, 0.1) is 12.0 Å². The number of nitrogens with one attached hydrogen (secondary N) is 2. The maximum atomic E-state index is 11.2. The molecular formula is C21H33N11O2. The molecule has 2 atom stereocenters. The zero-order valence-corrected chi connectivity index (χ0v) is 19.3. The van der Waals surface area contributed by atoms with Crippen molar-refractivity contribution in [2.45, 2.75) is 37.8 Å². The molecule has 0 bridgehead atoms. The van der Waals surface area contributed by atoms with Crippen molar-refractivity contribution in [2.75, 3.05) is 65.1 Å². The molecule has 4 heterocycles. The number of aliphatic hydroxyl groups excluding tert-OH is 1. The zero-order chi connectivity index (χ0) is 24.2. The summed E-state index contributed by atoms with van der Waals surface area (Å²) in [5.41, 5.74) is 16.7. The molecule has 13 nitrogen and oxygen atoms in total. The molecule has 3 aliphatic rings. The van der Waals surface area contributed by atoms with Gasteiger partial charge in [0, 0.05) is 51.4 Å². The molecule has 0 unspecified atom stereocenters. The smallest absolute Gasteiger partial charge is 0.223 e. The van der Waals surface area contributed by atoms with Gasteiger partial charge in [-0.25, -0.2) is 0 Å². The highest BCUT2D eigenvalue weighted by atomic mass is 16.3. The van der Waals surface area contributed by atoms with Gasteiger partial charge >= 0.3 is 0 Å². The first-order chi connectivity index (χ1) is 16.3. The van der Waals surface area contributed by atoms with Crippen LogP contribution in [0, 0.1) is 5.92 Å². The van der Waals surface area contributed by atoms with Crippen LogP contribution in [-0.2, 0) is 4.79 Å². The number of amides is 1. The SMILES string of the molecule is CNc1cc(N2CC[C@@H](O)C2)nc(N)n1.NC(=O)[C@H]1CCN(c2cc(NC3CC3)nc(N)n2)C1. The summed E-state index contributed by atoms with van der Waals surface area (Å²) in [6, 6.07) is 4.23. The summed E-state index contributed by atoms with van der Waals surface area (Å²) in [5.74, 6) is 3.13. The molecule has 0 aromatic carbocycles. The normalized spacial score (nSPS) is 21.7. The molecule has 0 spiro atoms. The number of aromatic nitrogens is 4. The van der Waals surface area contributed by atoms with E-state index in [1.165, 1.54) is 12.8 Å². The highest BCUT2D eigenvalue weighted by Crippen LogP contribution is 2.28. The highest BCUT2D eigenvalue weighted by Gasteiger charge is 2.28. The number of primary amides is 1. The first-order valence-corrected chi connectivity index (χ1v) is 11.5. The van der Waals surface area contributed by atoms with Gasteiger partial charge in [0.1, 0.15) is 23.3 Å². The number of rotatable bonds is 6. The lowest BCUT2D eigenvalue weighted by Crippen LogP contribution is -2.28. The number of aliphatic hydroxyl groups is 1. The van der Waals surface area contributed by atoms with E-state index in [1.54, 1.807) is 7.05 Å². The number of nitrogen functional groups attached to an aromatic ring is 2. The molecule has 34 heavy (non-hydrogen) atoms. The van der Waals surface area contributed by atoms with Gasteiger partial charge in [-0.05, 0) is 25.7 Å². The van der Waals surface area contributed by atoms with Crippen molar-refractivity contribution < 1.29 is 9.90 Å². The van der Waals surface area contributed by atoms with Crippen LogP contribution in [-0.4, -0.2) is 76.3 Å². The molecule has 9 N–H and O–H groups in total. The van der Waals surface area contributed by atoms with Crippen LogP contribution in [0.1, 0.15) is 25.7 Å². The first kappa shape index (κ1) is 23.5. The fraction of sp³-hybridized carbons (Fsp3) is 0.571. The molecule has 13 heteroatoms. The Labute approximate surface area is 198 Å².